The first-order valence-electron chi connectivity index (χ1n) is 8.31. The molecule has 1 aromatic carbocycles. The van der Waals surface area contributed by atoms with E-state index in [0.29, 0.717) is 34.8 Å². The number of halogens is 3. The standard InChI is InChI=1S/C19H18BrCl2NO3/c1-26-19(25)13-4-2-11(3-5-13)8-9-23-14(10-20)16(21)15(12-6-7-12)17(22)18(23)24/h2-5,12H,6-10H2,1H3. The molecule has 0 aliphatic heterocycles. The summed E-state index contributed by atoms with van der Waals surface area (Å²) in [6.07, 6.45) is 2.67. The third-order valence-corrected chi connectivity index (χ3v) is 5.91. The number of esters is 1. The van der Waals surface area contributed by atoms with Crippen molar-refractivity contribution >= 4 is 45.1 Å². The molecule has 1 aliphatic rings. The van der Waals surface area contributed by atoms with Gasteiger partial charge in [0.05, 0.1) is 23.4 Å². The van der Waals surface area contributed by atoms with Crippen LogP contribution in [0.3, 0.4) is 0 Å². The Morgan fingerprint density at radius 3 is 2.42 bits per heavy atom. The zero-order chi connectivity index (χ0) is 18.8. The lowest BCUT2D eigenvalue weighted by atomic mass is 10.1. The number of nitrogens with zero attached hydrogens (tertiary/aromatic N) is 1. The number of hydrogen-bond donors (Lipinski definition) is 0. The molecule has 3 rings (SSSR count). The molecule has 26 heavy (non-hydrogen) atoms. The third kappa shape index (κ3) is 3.85. The average Bonchev–Trinajstić information content (AvgIpc) is 3.48. The molecule has 0 unspecified atom stereocenters. The zero-order valence-electron chi connectivity index (χ0n) is 14.2. The van der Waals surface area contributed by atoms with Crippen LogP contribution in [0.2, 0.25) is 10.0 Å². The highest BCUT2D eigenvalue weighted by Crippen LogP contribution is 2.46. The first kappa shape index (κ1) is 19.5. The molecular weight excluding hydrogens is 441 g/mol. The number of ether oxygens (including phenoxy) is 1. The maximum absolute atomic E-state index is 12.7. The van der Waals surface area contributed by atoms with Gasteiger partial charge in [0.15, 0.2) is 0 Å². The van der Waals surface area contributed by atoms with Crippen LogP contribution in [-0.2, 0) is 23.0 Å². The number of alkyl halides is 1. The van der Waals surface area contributed by atoms with Crippen molar-refractivity contribution in [3.8, 4) is 0 Å². The van der Waals surface area contributed by atoms with Crippen LogP contribution in [0.5, 0.6) is 0 Å². The Balaban J connectivity index is 1.86. The van der Waals surface area contributed by atoms with Crippen LogP contribution in [0.4, 0.5) is 0 Å². The molecule has 1 saturated carbocycles. The molecule has 7 heteroatoms. The molecule has 0 radical (unpaired) electrons. The molecule has 0 saturated heterocycles. The Kier molecular flexibility index (Phi) is 6.10. The van der Waals surface area contributed by atoms with E-state index in [1.54, 1.807) is 16.7 Å². The predicted molar refractivity (Wildman–Crippen MR) is 107 cm³/mol. The van der Waals surface area contributed by atoms with Crippen molar-refractivity contribution in [3.63, 3.8) is 0 Å². The van der Waals surface area contributed by atoms with Gasteiger partial charge >= 0.3 is 5.97 Å². The molecule has 138 valence electrons. The number of pyridine rings is 1. The van der Waals surface area contributed by atoms with E-state index in [-0.39, 0.29) is 16.6 Å². The van der Waals surface area contributed by atoms with Crippen LogP contribution in [0.1, 0.15) is 45.9 Å². The van der Waals surface area contributed by atoms with Gasteiger partial charge in [0, 0.05) is 11.9 Å². The Labute approximate surface area is 170 Å². The topological polar surface area (TPSA) is 48.3 Å². The summed E-state index contributed by atoms with van der Waals surface area (Å²) in [7, 11) is 1.35. The van der Waals surface area contributed by atoms with Gasteiger partial charge in [-0.3, -0.25) is 4.79 Å². The predicted octanol–water partition coefficient (Wildman–Crippen LogP) is 4.96. The van der Waals surface area contributed by atoms with Crippen LogP contribution in [-0.4, -0.2) is 17.6 Å². The zero-order valence-corrected chi connectivity index (χ0v) is 17.3. The lowest BCUT2D eigenvalue weighted by Crippen LogP contribution is -2.26. The van der Waals surface area contributed by atoms with Crippen LogP contribution < -0.4 is 5.56 Å². The highest BCUT2D eigenvalue weighted by atomic mass is 79.9. The van der Waals surface area contributed by atoms with E-state index in [1.807, 2.05) is 12.1 Å². The van der Waals surface area contributed by atoms with E-state index >= 15 is 0 Å². The minimum absolute atomic E-state index is 0.196. The normalized spacial score (nSPS) is 13.7. The number of aromatic nitrogens is 1. The molecule has 0 atom stereocenters. The molecule has 1 aliphatic carbocycles. The van der Waals surface area contributed by atoms with E-state index in [0.717, 1.165) is 29.7 Å². The summed E-state index contributed by atoms with van der Waals surface area (Å²) in [5.74, 6) is -0.0652. The lowest BCUT2D eigenvalue weighted by Gasteiger charge is -2.17. The quantitative estimate of drug-likeness (QED) is 0.454. The van der Waals surface area contributed by atoms with E-state index in [2.05, 4.69) is 15.9 Å². The SMILES string of the molecule is COC(=O)c1ccc(CCn2c(CBr)c(Cl)c(C3CC3)c(Cl)c2=O)cc1. The van der Waals surface area contributed by atoms with Gasteiger partial charge in [-0.1, -0.05) is 51.3 Å². The molecule has 1 heterocycles. The number of carbonyl (C=O) groups excluding carboxylic acids is 1. The van der Waals surface area contributed by atoms with Gasteiger partial charge < -0.3 is 9.30 Å². The average molecular weight is 459 g/mol. The Bertz CT molecular complexity index is 889. The Morgan fingerprint density at radius 1 is 1.23 bits per heavy atom. The maximum Gasteiger partial charge on any atom is 0.337 e. The van der Waals surface area contributed by atoms with Crippen molar-refractivity contribution < 1.29 is 9.53 Å². The van der Waals surface area contributed by atoms with Gasteiger partial charge in [0.1, 0.15) is 5.02 Å². The number of methoxy groups -OCH3 is 1. The fraction of sp³-hybridized carbons (Fsp3) is 0.368. The molecule has 2 aromatic rings. The van der Waals surface area contributed by atoms with Gasteiger partial charge in [0.25, 0.3) is 5.56 Å². The monoisotopic (exact) mass is 457 g/mol. The van der Waals surface area contributed by atoms with E-state index in [1.165, 1.54) is 7.11 Å². The summed E-state index contributed by atoms with van der Waals surface area (Å²) < 4.78 is 6.33. The summed E-state index contributed by atoms with van der Waals surface area (Å²) in [6.45, 7) is 0.460. The van der Waals surface area contributed by atoms with Crippen molar-refractivity contribution in [1.29, 1.82) is 0 Å². The smallest absolute Gasteiger partial charge is 0.337 e. The summed E-state index contributed by atoms with van der Waals surface area (Å²) >= 11 is 16.3. The molecule has 0 N–H and O–H groups in total. The second-order valence-corrected chi connectivity index (χ2v) is 7.61. The molecule has 0 amide bonds. The first-order chi connectivity index (χ1) is 12.5. The largest absolute Gasteiger partial charge is 0.465 e. The van der Waals surface area contributed by atoms with Gasteiger partial charge in [-0.05, 0) is 48.4 Å². The molecule has 0 bridgehead atoms. The number of benzene rings is 1. The summed E-state index contributed by atoms with van der Waals surface area (Å²) in [4.78, 5) is 24.2. The lowest BCUT2D eigenvalue weighted by molar-refractivity contribution is 0.0600. The van der Waals surface area contributed by atoms with Gasteiger partial charge in [-0.2, -0.15) is 0 Å². The maximum atomic E-state index is 12.7. The van der Waals surface area contributed by atoms with Crippen LogP contribution in [0.15, 0.2) is 29.1 Å². The molecule has 1 fully saturated rings. The summed E-state index contributed by atoms with van der Waals surface area (Å²) in [5, 5.41) is 1.32. The third-order valence-electron chi connectivity index (χ3n) is 4.60. The van der Waals surface area contributed by atoms with Crippen molar-refractivity contribution in [3.05, 3.63) is 67.0 Å². The highest BCUT2D eigenvalue weighted by Gasteiger charge is 2.31. The second-order valence-electron chi connectivity index (χ2n) is 6.29. The van der Waals surface area contributed by atoms with Gasteiger partial charge in [-0.15, -0.1) is 0 Å². The van der Waals surface area contributed by atoms with E-state index < -0.39 is 0 Å². The molecule has 1 aromatic heterocycles. The van der Waals surface area contributed by atoms with Crippen molar-refractivity contribution in [1.82, 2.24) is 4.57 Å². The van der Waals surface area contributed by atoms with Crippen LogP contribution >= 0.6 is 39.1 Å². The summed E-state index contributed by atoms with van der Waals surface area (Å²) in [6, 6.07) is 7.14. The fourth-order valence-electron chi connectivity index (χ4n) is 2.99. The minimum atomic E-state index is -0.372. The fourth-order valence-corrected chi connectivity index (χ4v) is 4.55. The Hall–Kier alpha value is -1.30. The first-order valence-corrected chi connectivity index (χ1v) is 10.2. The van der Waals surface area contributed by atoms with Crippen molar-refractivity contribution in [2.75, 3.05) is 7.11 Å². The van der Waals surface area contributed by atoms with Crippen LogP contribution in [0.25, 0.3) is 0 Å². The van der Waals surface area contributed by atoms with Crippen molar-refractivity contribution in [2.24, 2.45) is 0 Å². The summed E-state index contributed by atoms with van der Waals surface area (Å²) in [5.41, 5.74) is 2.86. The van der Waals surface area contributed by atoms with Crippen LogP contribution in [0, 0.1) is 0 Å². The molecular formula is C19H18BrCl2NO3. The van der Waals surface area contributed by atoms with Gasteiger partial charge in [0.2, 0.25) is 0 Å². The number of carbonyl (C=O) groups is 1. The minimum Gasteiger partial charge on any atom is -0.465 e. The number of hydrogen-bond acceptors (Lipinski definition) is 3. The number of rotatable bonds is 6. The molecule has 0 spiro atoms. The van der Waals surface area contributed by atoms with E-state index in [9.17, 15) is 9.59 Å². The number of aryl methyl sites for hydroxylation is 1. The Morgan fingerprint density at radius 2 is 1.88 bits per heavy atom. The van der Waals surface area contributed by atoms with Gasteiger partial charge in [-0.25, -0.2) is 4.79 Å². The highest BCUT2D eigenvalue weighted by molar-refractivity contribution is 9.08. The molecule has 4 nitrogen and oxygen atoms in total. The second kappa shape index (κ2) is 8.15. The van der Waals surface area contributed by atoms with E-state index in [4.69, 9.17) is 27.9 Å². The van der Waals surface area contributed by atoms with Crippen molar-refractivity contribution in [2.45, 2.75) is 37.1 Å².